The molecule has 0 N–H and O–H groups in total. The number of benzene rings is 1. The van der Waals surface area contributed by atoms with E-state index in [1.165, 1.54) is 6.42 Å². The molecule has 1 aromatic heterocycles. The third kappa shape index (κ3) is 2.24. The molecule has 0 amide bonds. The van der Waals surface area contributed by atoms with E-state index >= 15 is 0 Å². The number of pyridine rings is 1. The van der Waals surface area contributed by atoms with E-state index in [1.807, 2.05) is 38.2 Å². The van der Waals surface area contributed by atoms with Gasteiger partial charge in [-0.3, -0.25) is 4.98 Å². The minimum Gasteiger partial charge on any atom is -0.490 e. The fourth-order valence-corrected chi connectivity index (χ4v) is 4.82. The molecule has 2 atom stereocenters. The molecule has 5 rings (SSSR count). The molecule has 4 heteroatoms. The normalized spacial score (nSPS) is 36.7. The fraction of sp³-hybridized carbons (Fsp3) is 0.550. The summed E-state index contributed by atoms with van der Waals surface area (Å²) in [6.45, 7) is 4.04. The van der Waals surface area contributed by atoms with Gasteiger partial charge in [-0.15, -0.1) is 0 Å². The van der Waals surface area contributed by atoms with Crippen molar-refractivity contribution >= 4 is 10.9 Å². The molecule has 126 valence electrons. The Morgan fingerprint density at radius 3 is 2.92 bits per heavy atom. The molecule has 1 spiro atoms. The first kappa shape index (κ1) is 14.7. The molecule has 2 aliphatic carbocycles. The van der Waals surface area contributed by atoms with Gasteiger partial charge in [-0.25, -0.2) is 0 Å². The average Bonchev–Trinajstić information content (AvgIpc) is 3.01. The lowest BCUT2D eigenvalue weighted by Gasteiger charge is -2.48. The second-order valence-electron chi connectivity index (χ2n) is 8.00. The van der Waals surface area contributed by atoms with Crippen molar-refractivity contribution < 1.29 is 14.2 Å². The van der Waals surface area contributed by atoms with Crippen LogP contribution in [-0.2, 0) is 9.47 Å². The fourth-order valence-electron chi connectivity index (χ4n) is 4.82. The maximum Gasteiger partial charge on any atom is 0.163 e. The van der Waals surface area contributed by atoms with Crippen molar-refractivity contribution in [3.63, 3.8) is 0 Å². The Morgan fingerprint density at radius 2 is 2.04 bits per heavy atom. The van der Waals surface area contributed by atoms with Gasteiger partial charge in [-0.1, -0.05) is 6.07 Å². The summed E-state index contributed by atoms with van der Waals surface area (Å²) in [5.74, 6) is 0.484. The molecule has 2 aromatic rings. The second-order valence-corrected chi connectivity index (χ2v) is 8.00. The van der Waals surface area contributed by atoms with Crippen LogP contribution in [-0.4, -0.2) is 29.1 Å². The van der Waals surface area contributed by atoms with Gasteiger partial charge < -0.3 is 14.2 Å². The number of aromatic nitrogens is 1. The predicted molar refractivity (Wildman–Crippen MR) is 90.9 cm³/mol. The lowest BCUT2D eigenvalue weighted by atomic mass is 9.64. The van der Waals surface area contributed by atoms with Crippen LogP contribution in [0.15, 0.2) is 36.5 Å². The molecule has 3 fully saturated rings. The van der Waals surface area contributed by atoms with E-state index in [0.29, 0.717) is 0 Å². The van der Waals surface area contributed by atoms with Crippen molar-refractivity contribution in [2.45, 2.75) is 63.6 Å². The van der Waals surface area contributed by atoms with Crippen molar-refractivity contribution in [1.82, 2.24) is 4.98 Å². The monoisotopic (exact) mass is 325 g/mol. The molecule has 0 bridgehead atoms. The molecule has 1 saturated heterocycles. The summed E-state index contributed by atoms with van der Waals surface area (Å²) in [4.78, 5) is 4.41. The molecule has 4 nitrogen and oxygen atoms in total. The Kier molecular flexibility index (Phi) is 3.01. The Morgan fingerprint density at radius 1 is 1.17 bits per heavy atom. The van der Waals surface area contributed by atoms with Crippen molar-refractivity contribution in [1.29, 1.82) is 0 Å². The molecular formula is C20H23NO3. The third-order valence-corrected chi connectivity index (χ3v) is 5.86. The molecule has 0 unspecified atom stereocenters. The molecule has 3 aliphatic rings. The van der Waals surface area contributed by atoms with Crippen LogP contribution in [0.2, 0.25) is 0 Å². The summed E-state index contributed by atoms with van der Waals surface area (Å²) in [6.07, 6.45) is 7.04. The van der Waals surface area contributed by atoms with E-state index < -0.39 is 5.79 Å². The van der Waals surface area contributed by atoms with Crippen LogP contribution in [0.3, 0.4) is 0 Å². The highest BCUT2D eigenvalue weighted by molar-refractivity contribution is 5.79. The van der Waals surface area contributed by atoms with Crippen LogP contribution in [0.25, 0.3) is 10.9 Å². The number of rotatable bonds is 2. The zero-order valence-corrected chi connectivity index (χ0v) is 14.2. The summed E-state index contributed by atoms with van der Waals surface area (Å²) in [5.41, 5.74) is 1.25. The van der Waals surface area contributed by atoms with Gasteiger partial charge in [0, 0.05) is 23.1 Å². The summed E-state index contributed by atoms with van der Waals surface area (Å²) in [5, 5.41) is 1.15. The highest BCUT2D eigenvalue weighted by Gasteiger charge is 2.62. The van der Waals surface area contributed by atoms with Crippen LogP contribution in [0.5, 0.6) is 5.75 Å². The number of fused-ring (bicyclic) bond motifs is 3. The Balaban J connectivity index is 1.28. The van der Waals surface area contributed by atoms with E-state index in [4.69, 9.17) is 14.2 Å². The summed E-state index contributed by atoms with van der Waals surface area (Å²) in [7, 11) is 0. The average molecular weight is 325 g/mol. The Bertz CT molecular complexity index is 781. The van der Waals surface area contributed by atoms with Crippen LogP contribution in [0, 0.1) is 5.41 Å². The SMILES string of the molecule is CC1(C)O[C@H]2CCC3(CC(Oc4ccc5cccnc5c4)C3)[C@H]2O1. The van der Waals surface area contributed by atoms with E-state index in [9.17, 15) is 0 Å². The van der Waals surface area contributed by atoms with Gasteiger partial charge in [0.2, 0.25) is 0 Å². The lowest BCUT2D eigenvalue weighted by molar-refractivity contribution is -0.182. The standard InChI is InChI=1S/C20H23NO3/c1-19(2)23-17-7-8-20(18(17)24-19)11-15(12-20)22-14-6-5-13-4-3-9-21-16(13)10-14/h3-6,9-10,15,17-18H,7-8,11-12H2,1-2H3/t15?,17-,18-,20?/m0/s1. The third-order valence-electron chi connectivity index (χ3n) is 5.86. The lowest BCUT2D eigenvalue weighted by Crippen LogP contribution is -2.50. The zero-order valence-electron chi connectivity index (χ0n) is 14.2. The minimum absolute atomic E-state index is 0.241. The van der Waals surface area contributed by atoms with E-state index in [-0.39, 0.29) is 23.7 Å². The minimum atomic E-state index is -0.432. The number of hydrogen-bond acceptors (Lipinski definition) is 4. The van der Waals surface area contributed by atoms with E-state index in [1.54, 1.807) is 0 Å². The molecular weight excluding hydrogens is 302 g/mol. The van der Waals surface area contributed by atoms with Gasteiger partial charge in [-0.05, 0) is 57.7 Å². The molecule has 24 heavy (non-hydrogen) atoms. The summed E-state index contributed by atoms with van der Waals surface area (Å²) >= 11 is 0. The summed E-state index contributed by atoms with van der Waals surface area (Å²) < 4.78 is 18.4. The number of hydrogen-bond donors (Lipinski definition) is 0. The molecule has 1 aromatic carbocycles. The Labute approximate surface area is 142 Å². The zero-order chi connectivity index (χ0) is 16.4. The van der Waals surface area contributed by atoms with E-state index in [0.717, 1.165) is 35.9 Å². The molecule has 2 heterocycles. The maximum atomic E-state index is 6.21. The second kappa shape index (κ2) is 4.93. The van der Waals surface area contributed by atoms with Crippen molar-refractivity contribution in [3.05, 3.63) is 36.5 Å². The van der Waals surface area contributed by atoms with Gasteiger partial charge in [0.05, 0.1) is 23.8 Å². The molecule has 1 aliphatic heterocycles. The van der Waals surface area contributed by atoms with E-state index in [2.05, 4.69) is 17.1 Å². The first-order valence-corrected chi connectivity index (χ1v) is 8.90. The highest BCUT2D eigenvalue weighted by Crippen LogP contribution is 2.59. The van der Waals surface area contributed by atoms with Crippen LogP contribution in [0.4, 0.5) is 0 Å². The van der Waals surface area contributed by atoms with Crippen molar-refractivity contribution in [2.75, 3.05) is 0 Å². The smallest absolute Gasteiger partial charge is 0.163 e. The Hall–Kier alpha value is -1.65. The largest absolute Gasteiger partial charge is 0.490 e. The van der Waals surface area contributed by atoms with Crippen LogP contribution in [0.1, 0.15) is 39.5 Å². The predicted octanol–water partition coefficient (Wildman–Crippen LogP) is 4.08. The van der Waals surface area contributed by atoms with Gasteiger partial charge in [-0.2, -0.15) is 0 Å². The number of nitrogens with zero attached hydrogens (tertiary/aromatic N) is 1. The first-order valence-electron chi connectivity index (χ1n) is 8.90. The van der Waals surface area contributed by atoms with Crippen LogP contribution >= 0.6 is 0 Å². The van der Waals surface area contributed by atoms with Gasteiger partial charge >= 0.3 is 0 Å². The topological polar surface area (TPSA) is 40.6 Å². The molecule has 2 saturated carbocycles. The highest BCUT2D eigenvalue weighted by atomic mass is 16.8. The summed E-state index contributed by atoms with van der Waals surface area (Å²) in [6, 6.07) is 10.2. The van der Waals surface area contributed by atoms with Gasteiger partial charge in [0.15, 0.2) is 5.79 Å². The van der Waals surface area contributed by atoms with Crippen molar-refractivity contribution in [3.8, 4) is 5.75 Å². The molecule has 0 radical (unpaired) electrons. The quantitative estimate of drug-likeness (QED) is 0.834. The van der Waals surface area contributed by atoms with Gasteiger partial charge in [0.25, 0.3) is 0 Å². The van der Waals surface area contributed by atoms with Crippen LogP contribution < -0.4 is 4.74 Å². The number of ether oxygens (including phenoxy) is 3. The maximum absolute atomic E-state index is 6.21. The first-order chi connectivity index (χ1) is 11.5. The van der Waals surface area contributed by atoms with Gasteiger partial charge in [0.1, 0.15) is 5.75 Å². The van der Waals surface area contributed by atoms with Crippen molar-refractivity contribution in [2.24, 2.45) is 5.41 Å².